The van der Waals surface area contributed by atoms with Crippen molar-refractivity contribution >= 4 is 27.7 Å². The van der Waals surface area contributed by atoms with Crippen LogP contribution in [-0.2, 0) is 14.8 Å². The molecule has 1 amide bonds. The lowest BCUT2D eigenvalue weighted by molar-refractivity contribution is -0.120. The first-order chi connectivity index (χ1) is 14.2. The number of aryl methyl sites for hydroxylation is 2. The van der Waals surface area contributed by atoms with Gasteiger partial charge in [0.1, 0.15) is 5.69 Å². The summed E-state index contributed by atoms with van der Waals surface area (Å²) in [6.07, 6.45) is 4.53. The number of amides is 1. The van der Waals surface area contributed by atoms with E-state index in [1.54, 1.807) is 24.1 Å². The van der Waals surface area contributed by atoms with Gasteiger partial charge in [-0.3, -0.25) is 4.79 Å². The van der Waals surface area contributed by atoms with Gasteiger partial charge >= 0.3 is 0 Å². The van der Waals surface area contributed by atoms with Gasteiger partial charge in [-0.05, 0) is 44.4 Å². The van der Waals surface area contributed by atoms with Crippen LogP contribution in [0.1, 0.15) is 29.9 Å². The topological polar surface area (TPSA) is 95.8 Å². The lowest BCUT2D eigenvalue weighted by Gasteiger charge is -2.31. The Balaban J connectivity index is 1.79. The van der Waals surface area contributed by atoms with Crippen LogP contribution in [0.4, 0.5) is 5.69 Å². The van der Waals surface area contributed by atoms with Gasteiger partial charge in [-0.25, -0.2) is 8.42 Å². The zero-order valence-corrected chi connectivity index (χ0v) is 18.6. The first-order valence-corrected chi connectivity index (χ1v) is 11.3. The summed E-state index contributed by atoms with van der Waals surface area (Å²) >= 11 is 0. The van der Waals surface area contributed by atoms with Gasteiger partial charge in [0.15, 0.2) is 10.7 Å². The molecule has 0 bridgehead atoms. The number of carbonyl (C=O) groups is 1. The van der Waals surface area contributed by atoms with E-state index in [-0.39, 0.29) is 23.1 Å². The Labute approximate surface area is 177 Å². The number of sulfonamides is 1. The number of carbonyl (C=O) groups excluding carboxylic acids is 1. The first-order valence-electron chi connectivity index (χ1n) is 9.87. The summed E-state index contributed by atoms with van der Waals surface area (Å²) in [7, 11) is -0.188. The van der Waals surface area contributed by atoms with E-state index in [9.17, 15) is 13.2 Å². The predicted octanol–water partition coefficient (Wildman–Crippen LogP) is 2.86. The van der Waals surface area contributed by atoms with Crippen molar-refractivity contribution in [2.45, 2.75) is 31.6 Å². The van der Waals surface area contributed by atoms with Gasteiger partial charge in [0.05, 0.1) is 5.92 Å². The molecule has 1 aromatic carbocycles. The Bertz CT molecular complexity index is 1040. The molecule has 1 saturated heterocycles. The van der Waals surface area contributed by atoms with Crippen LogP contribution in [0.3, 0.4) is 0 Å². The number of piperidine rings is 1. The maximum Gasteiger partial charge on any atom is 0.248 e. The molecule has 1 N–H and O–H groups in total. The van der Waals surface area contributed by atoms with Crippen LogP contribution in [0.25, 0.3) is 6.08 Å². The largest absolute Gasteiger partial charge is 0.383 e. The van der Waals surface area contributed by atoms with Gasteiger partial charge in [-0.15, -0.1) is 0 Å². The zero-order valence-electron chi connectivity index (χ0n) is 17.8. The molecule has 0 spiro atoms. The molecule has 1 aromatic heterocycles. The fourth-order valence-corrected chi connectivity index (χ4v) is 5.26. The highest BCUT2D eigenvalue weighted by Crippen LogP contribution is 2.29. The van der Waals surface area contributed by atoms with Crippen LogP contribution in [0, 0.1) is 19.8 Å². The Kier molecular flexibility index (Phi) is 6.62. The summed E-state index contributed by atoms with van der Waals surface area (Å²) in [5, 5.41) is 6.75. The van der Waals surface area contributed by atoms with Crippen LogP contribution in [0.2, 0.25) is 0 Å². The number of hydrogen-bond donors (Lipinski definition) is 1. The SMILES string of the molecule is Cc1cccc(NC(=O)C2CCCN(S(=O)(=O)c3c(C)noc3C=CN(C)C)C2)c1. The molecule has 2 heterocycles. The average Bonchev–Trinajstić information content (AvgIpc) is 3.07. The van der Waals surface area contributed by atoms with E-state index in [1.807, 2.05) is 45.3 Å². The second-order valence-corrected chi connectivity index (χ2v) is 9.68. The molecule has 1 atom stereocenters. The molecular weight excluding hydrogens is 404 g/mol. The number of nitrogens with one attached hydrogen (secondary N) is 1. The fourth-order valence-electron chi connectivity index (χ4n) is 3.49. The van der Waals surface area contributed by atoms with E-state index >= 15 is 0 Å². The van der Waals surface area contributed by atoms with Gasteiger partial charge < -0.3 is 14.7 Å². The van der Waals surface area contributed by atoms with E-state index in [0.717, 1.165) is 5.56 Å². The molecule has 3 rings (SSSR count). The van der Waals surface area contributed by atoms with Crippen molar-refractivity contribution in [3.05, 3.63) is 47.5 Å². The molecule has 162 valence electrons. The molecule has 2 aromatic rings. The Morgan fingerprint density at radius 3 is 2.80 bits per heavy atom. The summed E-state index contributed by atoms with van der Waals surface area (Å²) in [4.78, 5) is 14.6. The second-order valence-electron chi connectivity index (χ2n) is 7.80. The molecule has 1 aliphatic heterocycles. The number of aromatic nitrogens is 1. The van der Waals surface area contributed by atoms with E-state index in [1.165, 1.54) is 4.31 Å². The standard InChI is InChI=1S/C21H28N4O4S/c1-15-7-5-9-18(13-15)22-21(26)17-8-6-11-25(14-17)30(27,28)20-16(2)23-29-19(20)10-12-24(3)4/h5,7,9-10,12-13,17H,6,8,11,14H2,1-4H3,(H,22,26). The van der Waals surface area contributed by atoms with Gasteiger partial charge in [0, 0.05) is 45.1 Å². The van der Waals surface area contributed by atoms with Crippen molar-refractivity contribution in [3.8, 4) is 0 Å². The van der Waals surface area contributed by atoms with Crippen molar-refractivity contribution in [2.75, 3.05) is 32.5 Å². The van der Waals surface area contributed by atoms with E-state index in [4.69, 9.17) is 4.52 Å². The van der Waals surface area contributed by atoms with Crippen molar-refractivity contribution in [2.24, 2.45) is 5.92 Å². The van der Waals surface area contributed by atoms with Crippen LogP contribution < -0.4 is 5.32 Å². The molecule has 30 heavy (non-hydrogen) atoms. The van der Waals surface area contributed by atoms with Crippen LogP contribution >= 0.6 is 0 Å². The minimum absolute atomic E-state index is 0.0559. The number of anilines is 1. The maximum atomic E-state index is 13.4. The van der Waals surface area contributed by atoms with Crippen molar-refractivity contribution < 1.29 is 17.7 Å². The van der Waals surface area contributed by atoms with Gasteiger partial charge in [-0.2, -0.15) is 4.31 Å². The van der Waals surface area contributed by atoms with Crippen LogP contribution in [0.15, 0.2) is 39.9 Å². The fraction of sp³-hybridized carbons (Fsp3) is 0.429. The second kappa shape index (κ2) is 9.01. The molecule has 9 heteroatoms. The molecular formula is C21H28N4O4S. The third-order valence-corrected chi connectivity index (χ3v) is 7.02. The molecule has 0 radical (unpaired) electrons. The van der Waals surface area contributed by atoms with Crippen LogP contribution in [-0.4, -0.2) is 55.9 Å². The first kappa shape index (κ1) is 22.0. The lowest BCUT2D eigenvalue weighted by Crippen LogP contribution is -2.43. The van der Waals surface area contributed by atoms with E-state index in [2.05, 4.69) is 10.5 Å². The number of benzene rings is 1. The number of hydrogen-bond acceptors (Lipinski definition) is 6. The summed E-state index contributed by atoms with van der Waals surface area (Å²) in [5.41, 5.74) is 2.06. The molecule has 1 fully saturated rings. The van der Waals surface area contributed by atoms with Gasteiger partial charge in [0.2, 0.25) is 15.9 Å². The normalized spacial score (nSPS) is 17.9. The predicted molar refractivity (Wildman–Crippen MR) is 115 cm³/mol. The maximum absolute atomic E-state index is 13.4. The molecule has 0 saturated carbocycles. The Morgan fingerprint density at radius 1 is 1.33 bits per heavy atom. The van der Waals surface area contributed by atoms with Crippen LogP contribution in [0.5, 0.6) is 0 Å². The number of nitrogens with zero attached hydrogens (tertiary/aromatic N) is 3. The van der Waals surface area contributed by atoms with Crippen molar-refractivity contribution in [1.82, 2.24) is 14.4 Å². The Hall–Kier alpha value is -2.65. The third kappa shape index (κ3) is 4.91. The number of rotatable bonds is 6. The van der Waals surface area contributed by atoms with Gasteiger partial charge in [0.25, 0.3) is 0 Å². The molecule has 1 aliphatic rings. The smallest absolute Gasteiger partial charge is 0.248 e. The highest BCUT2D eigenvalue weighted by atomic mass is 32.2. The van der Waals surface area contributed by atoms with Crippen molar-refractivity contribution in [3.63, 3.8) is 0 Å². The summed E-state index contributed by atoms with van der Waals surface area (Å²) in [6, 6.07) is 7.54. The average molecular weight is 433 g/mol. The molecule has 1 unspecified atom stereocenters. The highest BCUT2D eigenvalue weighted by Gasteiger charge is 2.36. The van der Waals surface area contributed by atoms with Gasteiger partial charge in [-0.1, -0.05) is 17.3 Å². The zero-order chi connectivity index (χ0) is 21.9. The highest BCUT2D eigenvalue weighted by molar-refractivity contribution is 7.89. The Morgan fingerprint density at radius 2 is 2.10 bits per heavy atom. The minimum Gasteiger partial charge on any atom is -0.383 e. The summed E-state index contributed by atoms with van der Waals surface area (Å²) in [6.45, 7) is 4.04. The van der Waals surface area contributed by atoms with E-state index in [0.29, 0.717) is 30.8 Å². The van der Waals surface area contributed by atoms with E-state index < -0.39 is 15.9 Å². The van der Waals surface area contributed by atoms with Crippen molar-refractivity contribution in [1.29, 1.82) is 0 Å². The summed E-state index contributed by atoms with van der Waals surface area (Å²) in [5.74, 6) is -0.405. The molecule has 8 nitrogen and oxygen atoms in total. The monoisotopic (exact) mass is 432 g/mol. The molecule has 0 aliphatic carbocycles. The summed E-state index contributed by atoms with van der Waals surface area (Å²) < 4.78 is 33.3. The lowest BCUT2D eigenvalue weighted by atomic mass is 9.98. The minimum atomic E-state index is -3.85. The quantitative estimate of drug-likeness (QED) is 0.754. The third-order valence-electron chi connectivity index (χ3n) is 5.00.